The van der Waals surface area contributed by atoms with Crippen molar-refractivity contribution < 1.29 is 0 Å². The molecule has 0 spiro atoms. The van der Waals surface area contributed by atoms with Crippen LogP contribution in [0, 0.1) is 0 Å². The third kappa shape index (κ3) is 4.32. The smallest absolute Gasteiger partial charge is 0.171 e. The lowest BCUT2D eigenvalue weighted by molar-refractivity contribution is 0.629. The number of halogens is 1. The molecule has 0 aliphatic rings. The van der Waals surface area contributed by atoms with E-state index in [1.54, 1.807) is 0 Å². The predicted molar refractivity (Wildman–Crippen MR) is 93.0 cm³/mol. The number of thiocarbonyl (C=S) groups is 1. The van der Waals surface area contributed by atoms with Gasteiger partial charge in [0.2, 0.25) is 0 Å². The summed E-state index contributed by atoms with van der Waals surface area (Å²) in [5.74, 6) is 0. The Hall–Kier alpha value is -1.39. The summed E-state index contributed by atoms with van der Waals surface area (Å²) in [6.07, 6.45) is 0.978. The van der Waals surface area contributed by atoms with Crippen LogP contribution < -0.4 is 10.6 Å². The molecular formula is C16H17BrN2S. The fraction of sp³-hybridized carbons (Fsp3) is 0.188. The Morgan fingerprint density at radius 2 is 1.75 bits per heavy atom. The molecule has 0 saturated carbocycles. The van der Waals surface area contributed by atoms with Crippen molar-refractivity contribution in [3.8, 4) is 0 Å². The number of hydrogen-bond donors (Lipinski definition) is 2. The van der Waals surface area contributed by atoms with E-state index < -0.39 is 0 Å². The molecule has 2 N–H and O–H groups in total. The minimum atomic E-state index is 0.228. The molecule has 2 nitrogen and oxygen atoms in total. The lowest BCUT2D eigenvalue weighted by Crippen LogP contribution is -2.32. The molecule has 0 fully saturated rings. The largest absolute Gasteiger partial charge is 0.356 e. The molecule has 0 saturated heterocycles. The average Bonchev–Trinajstić information content (AvgIpc) is 2.48. The van der Waals surface area contributed by atoms with Crippen LogP contribution in [0.5, 0.6) is 0 Å². The molecule has 1 atom stereocenters. The summed E-state index contributed by atoms with van der Waals surface area (Å²) in [6, 6.07) is 18.5. The number of nitrogens with one attached hydrogen (secondary N) is 2. The van der Waals surface area contributed by atoms with E-state index in [0.29, 0.717) is 5.11 Å². The van der Waals surface area contributed by atoms with Crippen molar-refractivity contribution in [3.63, 3.8) is 0 Å². The van der Waals surface area contributed by atoms with E-state index in [1.807, 2.05) is 42.5 Å². The van der Waals surface area contributed by atoms with E-state index in [1.165, 1.54) is 5.56 Å². The van der Waals surface area contributed by atoms with Gasteiger partial charge in [0.15, 0.2) is 5.11 Å². The Bertz CT molecular complexity index is 554. The molecular weight excluding hydrogens is 332 g/mol. The van der Waals surface area contributed by atoms with E-state index in [0.717, 1.165) is 16.6 Å². The molecule has 104 valence electrons. The third-order valence-electron chi connectivity index (χ3n) is 3.02. The number of hydrogen-bond acceptors (Lipinski definition) is 1. The average molecular weight is 349 g/mol. The number of benzene rings is 2. The standard InChI is InChI=1S/C16H17BrN2S/c1-2-15(12-6-4-3-5-7-12)19-16(20)18-14-10-8-13(17)9-11-14/h3-11,15H,2H2,1H3,(H2,18,19,20)/t15-/m1/s1. The van der Waals surface area contributed by atoms with Crippen molar-refractivity contribution in [3.05, 3.63) is 64.6 Å². The lowest BCUT2D eigenvalue weighted by atomic mass is 10.1. The SMILES string of the molecule is CC[C@@H](NC(=S)Nc1ccc(Br)cc1)c1ccccc1. The van der Waals surface area contributed by atoms with E-state index in [9.17, 15) is 0 Å². The van der Waals surface area contributed by atoms with E-state index in [4.69, 9.17) is 12.2 Å². The Balaban J connectivity index is 1.97. The second kappa shape index (κ2) is 7.41. The monoisotopic (exact) mass is 348 g/mol. The van der Waals surface area contributed by atoms with Crippen LogP contribution in [0.2, 0.25) is 0 Å². The van der Waals surface area contributed by atoms with E-state index in [-0.39, 0.29) is 6.04 Å². The summed E-state index contributed by atoms with van der Waals surface area (Å²) in [6.45, 7) is 2.15. The zero-order valence-corrected chi connectivity index (χ0v) is 13.7. The molecule has 4 heteroatoms. The van der Waals surface area contributed by atoms with Crippen LogP contribution in [0.3, 0.4) is 0 Å². The molecule has 2 aromatic carbocycles. The molecule has 0 unspecified atom stereocenters. The van der Waals surface area contributed by atoms with Crippen LogP contribution in [-0.2, 0) is 0 Å². The maximum Gasteiger partial charge on any atom is 0.171 e. The summed E-state index contributed by atoms with van der Waals surface area (Å²) in [5, 5.41) is 7.20. The summed E-state index contributed by atoms with van der Waals surface area (Å²) in [7, 11) is 0. The Morgan fingerprint density at radius 1 is 1.10 bits per heavy atom. The molecule has 2 aromatic rings. The van der Waals surface area contributed by atoms with Crippen molar-refractivity contribution in [2.75, 3.05) is 5.32 Å². The van der Waals surface area contributed by atoms with Crippen molar-refractivity contribution in [1.29, 1.82) is 0 Å². The maximum absolute atomic E-state index is 5.38. The van der Waals surface area contributed by atoms with Crippen LogP contribution in [0.15, 0.2) is 59.1 Å². The Morgan fingerprint density at radius 3 is 2.35 bits per heavy atom. The minimum Gasteiger partial charge on any atom is -0.356 e. The quantitative estimate of drug-likeness (QED) is 0.769. The van der Waals surface area contributed by atoms with Gasteiger partial charge < -0.3 is 10.6 Å². The van der Waals surface area contributed by atoms with Crippen LogP contribution in [-0.4, -0.2) is 5.11 Å². The molecule has 0 aromatic heterocycles. The molecule has 0 aliphatic carbocycles. The van der Waals surface area contributed by atoms with Crippen molar-refractivity contribution in [2.24, 2.45) is 0 Å². The maximum atomic E-state index is 5.38. The fourth-order valence-electron chi connectivity index (χ4n) is 1.97. The van der Waals surface area contributed by atoms with Gasteiger partial charge in [-0.15, -0.1) is 0 Å². The third-order valence-corrected chi connectivity index (χ3v) is 3.77. The second-order valence-electron chi connectivity index (χ2n) is 4.48. The van der Waals surface area contributed by atoms with Crippen molar-refractivity contribution >= 4 is 38.9 Å². The van der Waals surface area contributed by atoms with Crippen LogP contribution in [0.4, 0.5) is 5.69 Å². The predicted octanol–water partition coefficient (Wildman–Crippen LogP) is 4.89. The Kier molecular flexibility index (Phi) is 5.56. The van der Waals surface area contributed by atoms with Gasteiger partial charge >= 0.3 is 0 Å². The van der Waals surface area contributed by atoms with Gasteiger partial charge in [0, 0.05) is 10.2 Å². The zero-order chi connectivity index (χ0) is 14.4. The first-order valence-corrected chi connectivity index (χ1v) is 7.77. The first-order valence-electron chi connectivity index (χ1n) is 6.57. The normalized spacial score (nSPS) is 11.7. The molecule has 0 heterocycles. The second-order valence-corrected chi connectivity index (χ2v) is 5.80. The van der Waals surface area contributed by atoms with Gasteiger partial charge in [-0.2, -0.15) is 0 Å². The van der Waals surface area contributed by atoms with Crippen LogP contribution in [0.25, 0.3) is 0 Å². The van der Waals surface area contributed by atoms with Crippen molar-refractivity contribution in [1.82, 2.24) is 5.32 Å². The van der Waals surface area contributed by atoms with E-state index >= 15 is 0 Å². The van der Waals surface area contributed by atoms with E-state index in [2.05, 4.69) is 45.6 Å². The number of anilines is 1. The highest BCUT2D eigenvalue weighted by molar-refractivity contribution is 9.10. The Labute approximate surface area is 133 Å². The van der Waals surface area contributed by atoms with Gasteiger partial charge in [-0.05, 0) is 48.5 Å². The highest BCUT2D eigenvalue weighted by Gasteiger charge is 2.09. The minimum absolute atomic E-state index is 0.228. The summed E-state index contributed by atoms with van der Waals surface area (Å²) >= 11 is 8.79. The molecule has 0 radical (unpaired) electrons. The zero-order valence-electron chi connectivity index (χ0n) is 11.3. The van der Waals surface area contributed by atoms with Gasteiger partial charge in [0.1, 0.15) is 0 Å². The lowest BCUT2D eigenvalue weighted by Gasteiger charge is -2.20. The first kappa shape index (κ1) is 15.0. The first-order chi connectivity index (χ1) is 9.69. The van der Waals surface area contributed by atoms with Gasteiger partial charge in [0.25, 0.3) is 0 Å². The molecule has 2 rings (SSSR count). The van der Waals surface area contributed by atoms with Crippen LogP contribution in [0.1, 0.15) is 24.9 Å². The van der Waals surface area contributed by atoms with Gasteiger partial charge in [-0.1, -0.05) is 53.2 Å². The molecule has 0 bridgehead atoms. The highest BCUT2D eigenvalue weighted by Crippen LogP contribution is 2.17. The summed E-state index contributed by atoms with van der Waals surface area (Å²) in [5.41, 5.74) is 2.23. The van der Waals surface area contributed by atoms with Crippen molar-refractivity contribution in [2.45, 2.75) is 19.4 Å². The van der Waals surface area contributed by atoms with Gasteiger partial charge in [-0.25, -0.2) is 0 Å². The summed E-state index contributed by atoms with van der Waals surface area (Å²) in [4.78, 5) is 0. The molecule has 20 heavy (non-hydrogen) atoms. The molecule has 0 aliphatic heterocycles. The highest BCUT2D eigenvalue weighted by atomic mass is 79.9. The van der Waals surface area contributed by atoms with Crippen LogP contribution >= 0.6 is 28.1 Å². The van der Waals surface area contributed by atoms with Gasteiger partial charge in [-0.3, -0.25) is 0 Å². The van der Waals surface area contributed by atoms with Gasteiger partial charge in [0.05, 0.1) is 6.04 Å². The molecule has 0 amide bonds. The number of rotatable bonds is 4. The fourth-order valence-corrected chi connectivity index (χ4v) is 2.49. The summed E-state index contributed by atoms with van der Waals surface area (Å²) < 4.78 is 1.05. The topological polar surface area (TPSA) is 24.1 Å².